The van der Waals surface area contributed by atoms with Gasteiger partial charge >= 0.3 is 5.69 Å². The molecule has 2 heterocycles. The maximum absolute atomic E-state index is 15.3. The number of ether oxygens (including phenoxy) is 4. The number of H-pyrrole nitrogens is 1. The Morgan fingerprint density at radius 2 is 1.43 bits per heavy atom. The molecule has 3 aromatic carbocycles. The zero-order valence-corrected chi connectivity index (χ0v) is 21.9. The third-order valence-electron chi connectivity index (χ3n) is 7.07. The van der Waals surface area contributed by atoms with Gasteiger partial charge in [0.15, 0.2) is 12.4 Å². The molecule has 4 aromatic rings. The summed E-state index contributed by atoms with van der Waals surface area (Å²) in [4.78, 5) is 27.0. The highest BCUT2D eigenvalue weighted by Crippen LogP contribution is 2.42. The van der Waals surface area contributed by atoms with Crippen LogP contribution in [0.3, 0.4) is 0 Å². The predicted molar refractivity (Wildman–Crippen MR) is 144 cm³/mol. The fraction of sp³-hybridized carbons (Fsp3) is 0.267. The molecule has 0 unspecified atom stereocenters. The lowest BCUT2D eigenvalue weighted by molar-refractivity contribution is -0.0956. The Bertz CT molecular complexity index is 1460. The van der Waals surface area contributed by atoms with Crippen molar-refractivity contribution >= 4 is 0 Å². The smallest absolute Gasteiger partial charge is 0.330 e. The molecule has 208 valence electrons. The van der Waals surface area contributed by atoms with Crippen LogP contribution in [0.4, 0.5) is 4.39 Å². The number of methoxy groups -OCH3 is 2. The van der Waals surface area contributed by atoms with Crippen molar-refractivity contribution in [3.8, 4) is 11.5 Å². The van der Waals surface area contributed by atoms with Gasteiger partial charge in [-0.2, -0.15) is 0 Å². The van der Waals surface area contributed by atoms with Crippen molar-refractivity contribution in [2.24, 2.45) is 0 Å². The van der Waals surface area contributed by atoms with Crippen LogP contribution in [0.2, 0.25) is 0 Å². The summed E-state index contributed by atoms with van der Waals surface area (Å²) in [6.45, 7) is -0.273. The minimum Gasteiger partial charge on any atom is -0.497 e. The van der Waals surface area contributed by atoms with Crippen molar-refractivity contribution in [1.82, 2.24) is 9.55 Å². The van der Waals surface area contributed by atoms with Crippen LogP contribution >= 0.6 is 0 Å². The summed E-state index contributed by atoms with van der Waals surface area (Å²) in [6.07, 6.45) is -5.34. The number of aliphatic hydroxyl groups is 1. The normalized spacial score (nSPS) is 20.8. The van der Waals surface area contributed by atoms with E-state index < -0.39 is 41.5 Å². The average Bonchev–Trinajstić information content (AvgIpc) is 3.27. The maximum atomic E-state index is 15.3. The third kappa shape index (κ3) is 4.92. The third-order valence-corrected chi connectivity index (χ3v) is 7.07. The summed E-state index contributed by atoms with van der Waals surface area (Å²) >= 11 is 0. The second-order valence-electron chi connectivity index (χ2n) is 9.31. The molecule has 9 nitrogen and oxygen atoms in total. The van der Waals surface area contributed by atoms with Crippen molar-refractivity contribution < 1.29 is 28.4 Å². The van der Waals surface area contributed by atoms with Gasteiger partial charge < -0.3 is 29.0 Å². The van der Waals surface area contributed by atoms with E-state index in [-0.39, 0.29) is 6.61 Å². The maximum Gasteiger partial charge on any atom is 0.330 e. The first-order valence-electron chi connectivity index (χ1n) is 12.7. The Morgan fingerprint density at radius 3 is 1.95 bits per heavy atom. The van der Waals surface area contributed by atoms with Crippen LogP contribution in [0.1, 0.15) is 22.9 Å². The SMILES string of the molecule is COc1ccc(C(OC[C@H]2O[C@H](n3c(=O)cc[nH]c3=O)[C@@H](F)[C@@H]2O)(c2ccccc2)c2ccc(OC)cc2)cc1. The highest BCUT2D eigenvalue weighted by atomic mass is 19.1. The predicted octanol–water partition coefficient (Wildman–Crippen LogP) is 3.16. The summed E-state index contributed by atoms with van der Waals surface area (Å²) in [5.74, 6) is 1.30. The number of hydrogen-bond donors (Lipinski definition) is 2. The average molecular weight is 549 g/mol. The first-order valence-corrected chi connectivity index (χ1v) is 12.7. The number of nitrogens with zero attached hydrogens (tertiary/aromatic N) is 1. The molecule has 0 amide bonds. The van der Waals surface area contributed by atoms with E-state index in [0.29, 0.717) is 16.1 Å². The van der Waals surface area contributed by atoms with E-state index in [2.05, 4.69) is 4.98 Å². The number of benzene rings is 3. The summed E-state index contributed by atoms with van der Waals surface area (Å²) in [7, 11) is 3.15. The molecule has 40 heavy (non-hydrogen) atoms. The molecule has 0 spiro atoms. The second-order valence-corrected chi connectivity index (χ2v) is 9.31. The summed E-state index contributed by atoms with van der Waals surface area (Å²) in [5.41, 5.74) is -0.581. The first kappa shape index (κ1) is 27.3. The number of nitrogens with one attached hydrogen (secondary N) is 1. The van der Waals surface area contributed by atoms with Crippen LogP contribution in [-0.2, 0) is 15.1 Å². The molecule has 5 rings (SSSR count). The van der Waals surface area contributed by atoms with Gasteiger partial charge in [-0.3, -0.25) is 4.79 Å². The number of rotatable bonds is 9. The van der Waals surface area contributed by atoms with Gasteiger partial charge in [0.1, 0.15) is 29.3 Å². The van der Waals surface area contributed by atoms with Gasteiger partial charge in [-0.1, -0.05) is 54.6 Å². The molecule has 0 aliphatic carbocycles. The van der Waals surface area contributed by atoms with E-state index >= 15 is 4.39 Å². The van der Waals surface area contributed by atoms with Crippen molar-refractivity contribution in [3.63, 3.8) is 0 Å². The van der Waals surface area contributed by atoms with Crippen LogP contribution in [0, 0.1) is 0 Å². The largest absolute Gasteiger partial charge is 0.497 e. The lowest BCUT2D eigenvalue weighted by Crippen LogP contribution is -2.40. The molecule has 4 atom stereocenters. The Labute approximate surface area is 229 Å². The van der Waals surface area contributed by atoms with E-state index in [1.807, 2.05) is 78.9 Å². The van der Waals surface area contributed by atoms with Gasteiger partial charge in [0.2, 0.25) is 0 Å². The molecule has 0 saturated carbocycles. The van der Waals surface area contributed by atoms with E-state index in [0.717, 1.165) is 29.0 Å². The fourth-order valence-corrected chi connectivity index (χ4v) is 5.01. The molecule has 1 aliphatic rings. The fourth-order valence-electron chi connectivity index (χ4n) is 5.01. The number of alkyl halides is 1. The van der Waals surface area contributed by atoms with Gasteiger partial charge in [-0.15, -0.1) is 0 Å². The number of hydrogen-bond acceptors (Lipinski definition) is 7. The van der Waals surface area contributed by atoms with Gasteiger partial charge in [-0.25, -0.2) is 13.8 Å². The van der Waals surface area contributed by atoms with Crippen molar-refractivity contribution in [3.05, 3.63) is 129 Å². The number of aromatic nitrogens is 2. The molecule has 0 bridgehead atoms. The number of halogens is 1. The molecule has 10 heteroatoms. The van der Waals surface area contributed by atoms with Gasteiger partial charge in [0.25, 0.3) is 5.56 Å². The van der Waals surface area contributed by atoms with Crippen molar-refractivity contribution in [2.45, 2.75) is 30.2 Å². The Morgan fingerprint density at radius 1 is 0.875 bits per heavy atom. The van der Waals surface area contributed by atoms with Crippen LogP contribution in [-0.4, -0.2) is 53.9 Å². The monoisotopic (exact) mass is 548 g/mol. The summed E-state index contributed by atoms with van der Waals surface area (Å²) < 4.78 is 39.0. The molecule has 1 fully saturated rings. The molecule has 1 aromatic heterocycles. The number of aromatic amines is 1. The van der Waals surface area contributed by atoms with Crippen LogP contribution in [0.5, 0.6) is 11.5 Å². The first-order chi connectivity index (χ1) is 19.4. The Kier molecular flexibility index (Phi) is 7.83. The molecule has 1 aliphatic heterocycles. The van der Waals surface area contributed by atoms with Crippen LogP contribution < -0.4 is 20.7 Å². The van der Waals surface area contributed by atoms with Crippen LogP contribution in [0.25, 0.3) is 0 Å². The zero-order chi connectivity index (χ0) is 28.3. The highest BCUT2D eigenvalue weighted by Gasteiger charge is 2.48. The minimum absolute atomic E-state index is 0.273. The van der Waals surface area contributed by atoms with Crippen LogP contribution in [0.15, 0.2) is 101 Å². The van der Waals surface area contributed by atoms with Gasteiger partial charge in [-0.05, 0) is 41.0 Å². The lowest BCUT2D eigenvalue weighted by Gasteiger charge is -2.37. The molecular formula is C30H29FN2O7. The highest BCUT2D eigenvalue weighted by molar-refractivity contribution is 5.49. The topological polar surface area (TPSA) is 112 Å². The van der Waals surface area contributed by atoms with E-state index in [9.17, 15) is 14.7 Å². The summed E-state index contributed by atoms with van der Waals surface area (Å²) in [5, 5.41) is 10.8. The minimum atomic E-state index is -2.04. The second kappa shape index (κ2) is 11.5. The van der Waals surface area contributed by atoms with E-state index in [1.165, 1.54) is 0 Å². The quantitative estimate of drug-likeness (QED) is 0.309. The Balaban J connectivity index is 1.57. The van der Waals surface area contributed by atoms with E-state index in [4.69, 9.17) is 18.9 Å². The lowest BCUT2D eigenvalue weighted by atomic mass is 9.80. The number of aliphatic hydroxyl groups excluding tert-OH is 1. The molecule has 0 radical (unpaired) electrons. The Hall–Kier alpha value is -4.25. The van der Waals surface area contributed by atoms with Gasteiger partial charge in [0.05, 0.1) is 20.8 Å². The summed E-state index contributed by atoms with van der Waals surface area (Å²) in [6, 6.07) is 25.2. The zero-order valence-electron chi connectivity index (χ0n) is 21.9. The van der Waals surface area contributed by atoms with Crippen molar-refractivity contribution in [1.29, 1.82) is 0 Å². The van der Waals surface area contributed by atoms with Gasteiger partial charge in [0, 0.05) is 12.3 Å². The molecule has 2 N–H and O–H groups in total. The molecule has 1 saturated heterocycles. The molecular weight excluding hydrogens is 519 g/mol. The van der Waals surface area contributed by atoms with E-state index in [1.54, 1.807) is 14.2 Å². The standard InChI is InChI=1S/C30H29FN2O7/c1-37-22-12-8-20(9-13-22)30(19-6-4-3-5-7-19,21-10-14-23(38-2)15-11-21)39-18-24-27(35)26(31)28(40-24)33-25(34)16-17-32-29(33)36/h3-17,24,26-28,35H,18H2,1-2H3,(H,32,36)/t24-,26+,27-,28+/m1/s1. The van der Waals surface area contributed by atoms with Crippen molar-refractivity contribution in [2.75, 3.05) is 20.8 Å².